The molecule has 1 amide bonds. The quantitative estimate of drug-likeness (QED) is 0.842. The monoisotopic (exact) mass is 371 g/mol. The van der Waals surface area contributed by atoms with Crippen LogP contribution in [0.1, 0.15) is 46.1 Å². The van der Waals surface area contributed by atoms with Crippen LogP contribution in [0.2, 0.25) is 0 Å². The van der Waals surface area contributed by atoms with Crippen LogP contribution in [0.5, 0.6) is 0 Å². The van der Waals surface area contributed by atoms with Crippen LogP contribution in [-0.4, -0.2) is 39.7 Å². The number of aromatic nitrogens is 1. The summed E-state index contributed by atoms with van der Waals surface area (Å²) in [5.41, 5.74) is -1.35. The maximum atomic E-state index is 12.6. The SMILES string of the molecule is CC1C2CC(Nc3ccc(C(F)(F)F)cn3)C(C2)N1C(=O)OC(C)(C)C. The Kier molecular flexibility index (Phi) is 4.56. The van der Waals surface area contributed by atoms with Gasteiger partial charge in [-0.1, -0.05) is 0 Å². The summed E-state index contributed by atoms with van der Waals surface area (Å²) in [6, 6.07) is 2.34. The molecule has 1 aromatic heterocycles. The molecule has 1 aliphatic heterocycles. The fraction of sp³-hybridized carbons (Fsp3) is 0.667. The van der Waals surface area contributed by atoms with E-state index in [2.05, 4.69) is 10.3 Å². The molecule has 0 spiro atoms. The molecule has 1 N–H and O–H groups in total. The topological polar surface area (TPSA) is 54.5 Å². The Balaban J connectivity index is 1.70. The van der Waals surface area contributed by atoms with Crippen molar-refractivity contribution in [3.05, 3.63) is 23.9 Å². The molecule has 26 heavy (non-hydrogen) atoms. The van der Waals surface area contributed by atoms with E-state index in [0.717, 1.165) is 25.1 Å². The lowest BCUT2D eigenvalue weighted by Gasteiger charge is -2.39. The molecule has 5 nitrogen and oxygen atoms in total. The number of likely N-dealkylation sites (tertiary alicyclic amines) is 1. The van der Waals surface area contributed by atoms with E-state index in [9.17, 15) is 18.0 Å². The minimum absolute atomic E-state index is 0.0473. The highest BCUT2D eigenvalue weighted by Gasteiger charge is 2.52. The lowest BCUT2D eigenvalue weighted by molar-refractivity contribution is -0.137. The number of ether oxygens (including phenoxy) is 1. The zero-order valence-corrected chi connectivity index (χ0v) is 15.3. The molecule has 144 valence electrons. The third kappa shape index (κ3) is 3.73. The van der Waals surface area contributed by atoms with Crippen LogP contribution >= 0.6 is 0 Å². The van der Waals surface area contributed by atoms with Crippen molar-refractivity contribution in [3.8, 4) is 0 Å². The van der Waals surface area contributed by atoms with Gasteiger partial charge in [-0.15, -0.1) is 0 Å². The molecule has 1 saturated carbocycles. The van der Waals surface area contributed by atoms with Crippen molar-refractivity contribution in [3.63, 3.8) is 0 Å². The number of rotatable bonds is 2. The molecule has 3 rings (SSSR count). The summed E-state index contributed by atoms with van der Waals surface area (Å²) in [6.07, 6.45) is -2.21. The molecule has 1 saturated heterocycles. The molecule has 0 aromatic carbocycles. The Morgan fingerprint density at radius 1 is 1.27 bits per heavy atom. The van der Waals surface area contributed by atoms with E-state index in [1.807, 2.05) is 27.7 Å². The predicted molar refractivity (Wildman–Crippen MR) is 90.7 cm³/mol. The van der Waals surface area contributed by atoms with E-state index in [1.54, 1.807) is 4.90 Å². The van der Waals surface area contributed by atoms with Gasteiger partial charge in [0.1, 0.15) is 11.4 Å². The van der Waals surface area contributed by atoms with E-state index in [4.69, 9.17) is 4.74 Å². The van der Waals surface area contributed by atoms with Crippen LogP contribution in [0, 0.1) is 5.92 Å². The van der Waals surface area contributed by atoms with Crippen LogP contribution in [0.15, 0.2) is 18.3 Å². The molecular formula is C18H24F3N3O2. The Bertz CT molecular complexity index is 670. The zero-order chi connectivity index (χ0) is 19.3. The van der Waals surface area contributed by atoms with Gasteiger partial charge >= 0.3 is 12.3 Å². The number of carbonyl (C=O) groups excluding carboxylic acids is 1. The fourth-order valence-corrected chi connectivity index (χ4v) is 3.89. The largest absolute Gasteiger partial charge is 0.444 e. The van der Waals surface area contributed by atoms with Gasteiger partial charge in [0, 0.05) is 18.3 Å². The van der Waals surface area contributed by atoms with Gasteiger partial charge in [0.25, 0.3) is 0 Å². The number of fused-ring (bicyclic) bond motifs is 2. The van der Waals surface area contributed by atoms with Crippen molar-refractivity contribution in [2.75, 3.05) is 5.32 Å². The van der Waals surface area contributed by atoms with Gasteiger partial charge in [-0.2, -0.15) is 13.2 Å². The summed E-state index contributed by atoms with van der Waals surface area (Å²) in [5.74, 6) is 0.729. The Morgan fingerprint density at radius 3 is 2.46 bits per heavy atom. The normalized spacial score (nSPS) is 28.3. The second-order valence-corrected chi connectivity index (χ2v) is 8.11. The summed E-state index contributed by atoms with van der Waals surface area (Å²) in [6.45, 7) is 7.49. The zero-order valence-electron chi connectivity index (χ0n) is 15.3. The van der Waals surface area contributed by atoms with Gasteiger partial charge in [-0.3, -0.25) is 0 Å². The van der Waals surface area contributed by atoms with Crippen LogP contribution in [0.3, 0.4) is 0 Å². The van der Waals surface area contributed by atoms with Crippen LogP contribution in [-0.2, 0) is 10.9 Å². The number of nitrogens with one attached hydrogen (secondary N) is 1. The second-order valence-electron chi connectivity index (χ2n) is 8.11. The third-order valence-electron chi connectivity index (χ3n) is 5.07. The van der Waals surface area contributed by atoms with E-state index in [1.165, 1.54) is 6.07 Å². The van der Waals surface area contributed by atoms with Gasteiger partial charge in [0.2, 0.25) is 0 Å². The standard InChI is InChI=1S/C18H24F3N3O2/c1-10-11-7-13(14(8-11)24(10)16(25)26-17(2,3)4)23-15-6-5-12(9-22-15)18(19,20)21/h5-6,9-11,13-14H,7-8H2,1-4H3,(H,22,23). The average molecular weight is 371 g/mol. The van der Waals surface area contributed by atoms with Crippen molar-refractivity contribution in [1.82, 2.24) is 9.88 Å². The number of carbonyl (C=O) groups is 1. The second kappa shape index (κ2) is 6.32. The van der Waals surface area contributed by atoms with E-state index in [0.29, 0.717) is 11.7 Å². The summed E-state index contributed by atoms with van der Waals surface area (Å²) >= 11 is 0. The highest BCUT2D eigenvalue weighted by Crippen LogP contribution is 2.44. The molecule has 4 unspecified atom stereocenters. The number of hydrogen-bond acceptors (Lipinski definition) is 4. The van der Waals surface area contributed by atoms with Crippen molar-refractivity contribution >= 4 is 11.9 Å². The number of anilines is 1. The predicted octanol–water partition coefficient (Wildman–Crippen LogP) is 4.30. The molecule has 1 aliphatic carbocycles. The molecule has 2 bridgehead atoms. The average Bonchev–Trinajstić information content (AvgIpc) is 3.02. The van der Waals surface area contributed by atoms with Crippen molar-refractivity contribution in [2.24, 2.45) is 5.92 Å². The smallest absolute Gasteiger partial charge is 0.417 e. The maximum Gasteiger partial charge on any atom is 0.417 e. The molecule has 8 heteroatoms. The van der Waals surface area contributed by atoms with Gasteiger partial charge < -0.3 is 15.0 Å². The Morgan fingerprint density at radius 2 is 1.96 bits per heavy atom. The molecule has 4 atom stereocenters. The van der Waals surface area contributed by atoms with Crippen molar-refractivity contribution in [2.45, 2.75) is 70.4 Å². The van der Waals surface area contributed by atoms with Crippen molar-refractivity contribution < 1.29 is 22.7 Å². The fourth-order valence-electron chi connectivity index (χ4n) is 3.89. The third-order valence-corrected chi connectivity index (χ3v) is 5.07. The molecular weight excluding hydrogens is 347 g/mol. The maximum absolute atomic E-state index is 12.6. The highest BCUT2D eigenvalue weighted by atomic mass is 19.4. The lowest BCUT2D eigenvalue weighted by atomic mass is 9.98. The number of piperidine rings is 1. The van der Waals surface area contributed by atoms with Gasteiger partial charge in [0.05, 0.1) is 11.6 Å². The first-order valence-electron chi connectivity index (χ1n) is 8.77. The highest BCUT2D eigenvalue weighted by molar-refractivity contribution is 5.70. The first kappa shape index (κ1) is 18.8. The molecule has 1 aromatic rings. The number of amides is 1. The van der Waals surface area contributed by atoms with Crippen molar-refractivity contribution in [1.29, 1.82) is 0 Å². The number of nitrogens with zero attached hydrogens (tertiary/aromatic N) is 2. The first-order valence-corrected chi connectivity index (χ1v) is 8.77. The Hall–Kier alpha value is -1.99. The van der Waals surface area contributed by atoms with E-state index < -0.39 is 17.3 Å². The number of pyridine rings is 1. The summed E-state index contributed by atoms with van der Waals surface area (Å²) in [4.78, 5) is 18.2. The molecule has 0 radical (unpaired) electrons. The summed E-state index contributed by atoms with van der Waals surface area (Å²) in [7, 11) is 0. The minimum atomic E-state index is -4.40. The van der Waals surface area contributed by atoms with Crippen LogP contribution < -0.4 is 5.32 Å². The molecule has 2 aliphatic rings. The van der Waals surface area contributed by atoms with Crippen LogP contribution in [0.25, 0.3) is 0 Å². The Labute approximate surface area is 150 Å². The first-order chi connectivity index (χ1) is 12.0. The van der Waals surface area contributed by atoms with Gasteiger partial charge in [-0.25, -0.2) is 9.78 Å². The van der Waals surface area contributed by atoms with E-state index in [-0.39, 0.29) is 24.2 Å². The lowest BCUT2D eigenvalue weighted by Crippen LogP contribution is -2.52. The summed E-state index contributed by atoms with van der Waals surface area (Å²) < 4.78 is 43.5. The van der Waals surface area contributed by atoms with Crippen LogP contribution in [0.4, 0.5) is 23.8 Å². The van der Waals surface area contributed by atoms with Gasteiger partial charge in [-0.05, 0) is 58.6 Å². The molecule has 2 heterocycles. The van der Waals surface area contributed by atoms with E-state index >= 15 is 0 Å². The minimum Gasteiger partial charge on any atom is -0.444 e. The summed E-state index contributed by atoms with van der Waals surface area (Å²) in [5, 5.41) is 3.19. The van der Waals surface area contributed by atoms with Gasteiger partial charge in [0.15, 0.2) is 0 Å². The number of alkyl halides is 3. The molecule has 2 fully saturated rings. The number of halogens is 3. The number of hydrogen-bond donors (Lipinski definition) is 1.